The van der Waals surface area contributed by atoms with Crippen LogP contribution in [0.2, 0.25) is 0 Å². The highest BCUT2D eigenvalue weighted by Crippen LogP contribution is 2.18. The maximum absolute atomic E-state index is 5.21. The van der Waals surface area contributed by atoms with Crippen LogP contribution < -0.4 is 10.1 Å². The van der Waals surface area contributed by atoms with Crippen molar-refractivity contribution in [1.29, 1.82) is 0 Å². The molecule has 0 saturated heterocycles. The van der Waals surface area contributed by atoms with Gasteiger partial charge in [0.1, 0.15) is 5.75 Å². The van der Waals surface area contributed by atoms with E-state index in [0.717, 1.165) is 18.0 Å². The molecule has 0 aliphatic heterocycles. The molecule has 0 spiro atoms. The van der Waals surface area contributed by atoms with Gasteiger partial charge in [-0.2, -0.15) is 0 Å². The summed E-state index contributed by atoms with van der Waals surface area (Å²) >= 11 is 0. The Morgan fingerprint density at radius 3 is 2.42 bits per heavy atom. The largest absolute Gasteiger partial charge is 0.497 e. The van der Waals surface area contributed by atoms with E-state index >= 15 is 0 Å². The molecule has 0 unspecified atom stereocenters. The van der Waals surface area contributed by atoms with Crippen LogP contribution in [0.5, 0.6) is 5.75 Å². The van der Waals surface area contributed by atoms with Crippen molar-refractivity contribution in [3.8, 4) is 5.75 Å². The number of rotatable bonds is 5. The van der Waals surface area contributed by atoms with Crippen molar-refractivity contribution in [1.82, 2.24) is 0 Å². The lowest BCUT2D eigenvalue weighted by atomic mass is 10.0. The number of hydrogen-bond donors (Lipinski definition) is 1. The molecule has 0 atom stereocenters. The van der Waals surface area contributed by atoms with Crippen molar-refractivity contribution >= 4 is 5.69 Å². The average molecular weight is 255 g/mol. The molecule has 0 fully saturated rings. The molecule has 0 amide bonds. The van der Waals surface area contributed by atoms with Gasteiger partial charge >= 0.3 is 0 Å². The highest BCUT2D eigenvalue weighted by molar-refractivity contribution is 5.48. The molecule has 0 radical (unpaired) electrons. The first-order valence-corrected chi connectivity index (χ1v) is 6.66. The quantitative estimate of drug-likeness (QED) is 0.853. The lowest BCUT2D eigenvalue weighted by Gasteiger charge is -2.10. The fraction of sp³-hybridized carbons (Fsp3) is 0.294. The zero-order valence-electron chi connectivity index (χ0n) is 11.8. The Balaban J connectivity index is 1.98. The van der Waals surface area contributed by atoms with Crippen LogP contribution in [0.4, 0.5) is 5.69 Å². The molecule has 2 nitrogen and oxygen atoms in total. The van der Waals surface area contributed by atoms with E-state index in [0.29, 0.717) is 5.92 Å². The fourth-order valence-corrected chi connectivity index (χ4v) is 1.96. The van der Waals surface area contributed by atoms with Crippen LogP contribution in [0.1, 0.15) is 30.9 Å². The maximum Gasteiger partial charge on any atom is 0.120 e. The second kappa shape index (κ2) is 6.28. The van der Waals surface area contributed by atoms with E-state index in [4.69, 9.17) is 4.74 Å². The van der Waals surface area contributed by atoms with E-state index in [1.165, 1.54) is 11.1 Å². The molecule has 0 saturated carbocycles. The van der Waals surface area contributed by atoms with E-state index < -0.39 is 0 Å². The molecule has 19 heavy (non-hydrogen) atoms. The number of hydrogen-bond acceptors (Lipinski definition) is 2. The molecule has 0 bridgehead atoms. The number of anilines is 1. The van der Waals surface area contributed by atoms with Gasteiger partial charge in [0.05, 0.1) is 7.11 Å². The summed E-state index contributed by atoms with van der Waals surface area (Å²) in [5, 5.41) is 3.40. The summed E-state index contributed by atoms with van der Waals surface area (Å²) in [7, 11) is 1.68. The minimum atomic E-state index is 0.584. The Hall–Kier alpha value is -1.96. The van der Waals surface area contributed by atoms with Gasteiger partial charge in [0.15, 0.2) is 0 Å². The molecule has 2 heteroatoms. The van der Waals surface area contributed by atoms with Crippen molar-refractivity contribution in [2.24, 2.45) is 0 Å². The lowest BCUT2D eigenvalue weighted by molar-refractivity contribution is 0.415. The summed E-state index contributed by atoms with van der Waals surface area (Å²) in [4.78, 5) is 0. The van der Waals surface area contributed by atoms with Crippen molar-refractivity contribution in [3.63, 3.8) is 0 Å². The second-order valence-corrected chi connectivity index (χ2v) is 4.98. The van der Waals surface area contributed by atoms with Crippen LogP contribution in [0.25, 0.3) is 0 Å². The molecule has 0 heterocycles. The standard InChI is InChI=1S/C17H21NO/c1-13(2)15-9-7-14(8-10-15)12-18-16-5-4-6-17(11-16)19-3/h4-11,13,18H,12H2,1-3H3. The average Bonchev–Trinajstić information content (AvgIpc) is 2.46. The molecule has 2 rings (SSSR count). The molecule has 2 aromatic rings. The normalized spacial score (nSPS) is 10.5. The Morgan fingerprint density at radius 1 is 1.05 bits per heavy atom. The van der Waals surface area contributed by atoms with Crippen LogP contribution in [0.3, 0.4) is 0 Å². The third-order valence-corrected chi connectivity index (χ3v) is 3.21. The summed E-state index contributed by atoms with van der Waals surface area (Å²) in [6.07, 6.45) is 0. The number of benzene rings is 2. The minimum Gasteiger partial charge on any atom is -0.497 e. The highest BCUT2D eigenvalue weighted by atomic mass is 16.5. The van der Waals surface area contributed by atoms with E-state index in [-0.39, 0.29) is 0 Å². The molecule has 0 aliphatic rings. The summed E-state index contributed by atoms with van der Waals surface area (Å²) in [6, 6.07) is 16.8. The summed E-state index contributed by atoms with van der Waals surface area (Å²) in [6.45, 7) is 5.25. The summed E-state index contributed by atoms with van der Waals surface area (Å²) < 4.78 is 5.21. The lowest BCUT2D eigenvalue weighted by Crippen LogP contribution is -2.00. The van der Waals surface area contributed by atoms with E-state index in [9.17, 15) is 0 Å². The van der Waals surface area contributed by atoms with Crippen LogP contribution in [0.15, 0.2) is 48.5 Å². The van der Waals surface area contributed by atoms with Gasteiger partial charge in [-0.1, -0.05) is 44.2 Å². The van der Waals surface area contributed by atoms with Gasteiger partial charge in [-0.05, 0) is 29.2 Å². The first-order valence-electron chi connectivity index (χ1n) is 6.66. The molecule has 1 N–H and O–H groups in total. The van der Waals surface area contributed by atoms with Crippen LogP contribution >= 0.6 is 0 Å². The highest BCUT2D eigenvalue weighted by Gasteiger charge is 1.99. The van der Waals surface area contributed by atoms with E-state index in [1.54, 1.807) is 7.11 Å². The third kappa shape index (κ3) is 3.75. The van der Waals surface area contributed by atoms with Gasteiger partial charge in [-0.3, -0.25) is 0 Å². The van der Waals surface area contributed by atoms with Gasteiger partial charge in [0, 0.05) is 18.3 Å². The number of ether oxygens (including phenoxy) is 1. The van der Waals surface area contributed by atoms with Crippen LogP contribution in [-0.2, 0) is 6.54 Å². The predicted octanol–water partition coefficient (Wildman–Crippen LogP) is 4.43. The molecule has 100 valence electrons. The fourth-order valence-electron chi connectivity index (χ4n) is 1.96. The number of nitrogens with one attached hydrogen (secondary N) is 1. The summed E-state index contributed by atoms with van der Waals surface area (Å²) in [5.41, 5.74) is 3.74. The zero-order valence-corrected chi connectivity index (χ0v) is 11.8. The monoisotopic (exact) mass is 255 g/mol. The zero-order chi connectivity index (χ0) is 13.7. The van der Waals surface area contributed by atoms with Crippen molar-refractivity contribution in [2.75, 3.05) is 12.4 Å². The topological polar surface area (TPSA) is 21.3 Å². The molecule has 0 aliphatic carbocycles. The summed E-state index contributed by atoms with van der Waals surface area (Å²) in [5.74, 6) is 1.46. The maximum atomic E-state index is 5.21. The van der Waals surface area contributed by atoms with Gasteiger partial charge < -0.3 is 10.1 Å². The Morgan fingerprint density at radius 2 is 1.79 bits per heavy atom. The molecular formula is C17H21NO. The Kier molecular flexibility index (Phi) is 4.45. The smallest absolute Gasteiger partial charge is 0.120 e. The van der Waals surface area contributed by atoms with Crippen molar-refractivity contribution in [3.05, 3.63) is 59.7 Å². The van der Waals surface area contributed by atoms with Crippen molar-refractivity contribution < 1.29 is 4.74 Å². The third-order valence-electron chi connectivity index (χ3n) is 3.21. The number of methoxy groups -OCH3 is 1. The van der Waals surface area contributed by atoms with E-state index in [2.05, 4.69) is 43.4 Å². The second-order valence-electron chi connectivity index (χ2n) is 4.98. The molecule has 2 aromatic carbocycles. The SMILES string of the molecule is COc1cccc(NCc2ccc(C(C)C)cc2)c1. The van der Waals surface area contributed by atoms with Gasteiger partial charge in [0.2, 0.25) is 0 Å². The predicted molar refractivity (Wildman–Crippen MR) is 80.9 cm³/mol. The van der Waals surface area contributed by atoms with Crippen LogP contribution in [-0.4, -0.2) is 7.11 Å². The van der Waals surface area contributed by atoms with Gasteiger partial charge in [-0.25, -0.2) is 0 Å². The van der Waals surface area contributed by atoms with Gasteiger partial charge in [-0.15, -0.1) is 0 Å². The first-order chi connectivity index (χ1) is 9.19. The minimum absolute atomic E-state index is 0.584. The van der Waals surface area contributed by atoms with Gasteiger partial charge in [0.25, 0.3) is 0 Å². The molecule has 0 aromatic heterocycles. The van der Waals surface area contributed by atoms with E-state index in [1.807, 2.05) is 24.3 Å². The Labute approximate surface area is 115 Å². The molecular weight excluding hydrogens is 234 g/mol. The van der Waals surface area contributed by atoms with Crippen molar-refractivity contribution in [2.45, 2.75) is 26.3 Å². The Bertz CT molecular complexity index is 517. The van der Waals surface area contributed by atoms with Crippen LogP contribution in [0, 0.1) is 0 Å². The first kappa shape index (κ1) is 13.5.